The minimum absolute atomic E-state index is 0.916. The summed E-state index contributed by atoms with van der Waals surface area (Å²) in [4.78, 5) is 2.77. The average molecular weight is 225 g/mol. The van der Waals surface area contributed by atoms with Crippen molar-refractivity contribution in [2.24, 2.45) is 0 Å². The highest BCUT2D eigenvalue weighted by Crippen LogP contribution is 2.21. The monoisotopic (exact) mass is 225 g/mol. The maximum atomic E-state index is 2.77. The molecular weight excluding hydrogens is 194 g/mol. The summed E-state index contributed by atoms with van der Waals surface area (Å²) in [5.74, 6) is 0. The molecule has 0 bridgehead atoms. The minimum atomic E-state index is 0.916. The van der Waals surface area contributed by atoms with Crippen LogP contribution < -0.4 is 0 Å². The number of nitrogens with zero attached hydrogens (tertiary/aromatic N) is 1. The summed E-state index contributed by atoms with van der Waals surface area (Å²) in [5.41, 5.74) is 0. The fraction of sp³-hybridized carbons (Fsp3) is 1.00. The number of hydrogen-bond acceptors (Lipinski definition) is 1. The van der Waals surface area contributed by atoms with E-state index in [1.54, 1.807) is 0 Å². The molecule has 16 heavy (non-hydrogen) atoms. The van der Waals surface area contributed by atoms with Crippen molar-refractivity contribution in [1.29, 1.82) is 0 Å². The smallest absolute Gasteiger partial charge is 0.00952 e. The fourth-order valence-corrected chi connectivity index (χ4v) is 2.86. The molecule has 1 aliphatic heterocycles. The van der Waals surface area contributed by atoms with Gasteiger partial charge in [0.15, 0.2) is 0 Å². The Balaban J connectivity index is 2.19. The first-order chi connectivity index (χ1) is 7.88. The Morgan fingerprint density at radius 3 is 2.06 bits per heavy atom. The van der Waals surface area contributed by atoms with Crippen LogP contribution in [0.2, 0.25) is 0 Å². The second kappa shape index (κ2) is 9.04. The van der Waals surface area contributed by atoms with Crippen LogP contribution in [0.15, 0.2) is 0 Å². The van der Waals surface area contributed by atoms with E-state index in [0.29, 0.717) is 0 Å². The van der Waals surface area contributed by atoms with Crippen molar-refractivity contribution in [3.05, 3.63) is 0 Å². The van der Waals surface area contributed by atoms with Gasteiger partial charge in [-0.1, -0.05) is 52.4 Å². The van der Waals surface area contributed by atoms with Gasteiger partial charge < -0.3 is 4.90 Å². The predicted molar refractivity (Wildman–Crippen MR) is 72.9 cm³/mol. The van der Waals surface area contributed by atoms with E-state index in [2.05, 4.69) is 18.7 Å². The molecule has 1 unspecified atom stereocenters. The first kappa shape index (κ1) is 14.0. The van der Waals surface area contributed by atoms with Crippen LogP contribution in [0.3, 0.4) is 0 Å². The standard InChI is InChI=1S/C15H31N/c1-3-5-7-8-12-15(11-6-4-2)16-13-9-10-14-16/h15H,3-14H2,1-2H3. The molecule has 96 valence electrons. The molecule has 1 fully saturated rings. The molecular formula is C15H31N. The van der Waals surface area contributed by atoms with Gasteiger partial charge in [0.05, 0.1) is 0 Å². The highest BCUT2D eigenvalue weighted by atomic mass is 15.2. The highest BCUT2D eigenvalue weighted by Gasteiger charge is 2.20. The summed E-state index contributed by atoms with van der Waals surface area (Å²) >= 11 is 0. The lowest BCUT2D eigenvalue weighted by Gasteiger charge is -2.27. The summed E-state index contributed by atoms with van der Waals surface area (Å²) in [7, 11) is 0. The fourth-order valence-electron chi connectivity index (χ4n) is 2.86. The van der Waals surface area contributed by atoms with Crippen LogP contribution >= 0.6 is 0 Å². The molecule has 0 N–H and O–H groups in total. The summed E-state index contributed by atoms with van der Waals surface area (Å²) < 4.78 is 0. The molecule has 1 heterocycles. The van der Waals surface area contributed by atoms with Crippen LogP contribution in [-0.2, 0) is 0 Å². The lowest BCUT2D eigenvalue weighted by Crippen LogP contribution is -2.32. The van der Waals surface area contributed by atoms with Gasteiger partial charge in [0.1, 0.15) is 0 Å². The number of unbranched alkanes of at least 4 members (excludes halogenated alkanes) is 4. The third-order valence-corrected chi connectivity index (χ3v) is 3.94. The molecule has 0 aliphatic carbocycles. The molecule has 1 heteroatoms. The van der Waals surface area contributed by atoms with E-state index in [1.165, 1.54) is 77.3 Å². The first-order valence-corrected chi connectivity index (χ1v) is 7.62. The van der Waals surface area contributed by atoms with Crippen molar-refractivity contribution in [3.8, 4) is 0 Å². The van der Waals surface area contributed by atoms with Crippen molar-refractivity contribution in [2.45, 2.75) is 84.1 Å². The Morgan fingerprint density at radius 1 is 0.812 bits per heavy atom. The van der Waals surface area contributed by atoms with Crippen LogP contribution in [0.4, 0.5) is 0 Å². The summed E-state index contributed by atoms with van der Waals surface area (Å²) in [6.07, 6.45) is 14.3. The third-order valence-electron chi connectivity index (χ3n) is 3.94. The van der Waals surface area contributed by atoms with E-state index >= 15 is 0 Å². The largest absolute Gasteiger partial charge is 0.300 e. The van der Waals surface area contributed by atoms with E-state index < -0.39 is 0 Å². The van der Waals surface area contributed by atoms with E-state index in [1.807, 2.05) is 0 Å². The van der Waals surface area contributed by atoms with Gasteiger partial charge in [-0.25, -0.2) is 0 Å². The van der Waals surface area contributed by atoms with E-state index in [0.717, 1.165) is 6.04 Å². The SMILES string of the molecule is CCCCCCC(CCCC)N1CCCC1. The molecule has 1 nitrogen and oxygen atoms in total. The summed E-state index contributed by atoms with van der Waals surface area (Å²) in [6, 6.07) is 0.916. The van der Waals surface area contributed by atoms with Crippen LogP contribution in [-0.4, -0.2) is 24.0 Å². The van der Waals surface area contributed by atoms with E-state index in [4.69, 9.17) is 0 Å². The lowest BCUT2D eigenvalue weighted by molar-refractivity contribution is 0.210. The molecule has 1 rings (SSSR count). The van der Waals surface area contributed by atoms with Crippen LogP contribution in [0.25, 0.3) is 0 Å². The number of rotatable bonds is 9. The Hall–Kier alpha value is -0.0400. The van der Waals surface area contributed by atoms with E-state index in [9.17, 15) is 0 Å². The van der Waals surface area contributed by atoms with Gasteiger partial charge >= 0.3 is 0 Å². The van der Waals surface area contributed by atoms with Gasteiger partial charge in [0.2, 0.25) is 0 Å². The Bertz CT molecular complexity index is 150. The number of hydrogen-bond donors (Lipinski definition) is 0. The normalized spacial score (nSPS) is 19.1. The predicted octanol–water partition coefficient (Wildman–Crippen LogP) is 4.61. The zero-order valence-electron chi connectivity index (χ0n) is 11.5. The van der Waals surface area contributed by atoms with Gasteiger partial charge in [-0.15, -0.1) is 0 Å². The van der Waals surface area contributed by atoms with Crippen LogP contribution in [0.5, 0.6) is 0 Å². The van der Waals surface area contributed by atoms with Gasteiger partial charge in [-0.2, -0.15) is 0 Å². The maximum absolute atomic E-state index is 2.77. The van der Waals surface area contributed by atoms with Crippen molar-refractivity contribution in [2.75, 3.05) is 13.1 Å². The molecule has 1 aliphatic rings. The molecule has 0 saturated carbocycles. The first-order valence-electron chi connectivity index (χ1n) is 7.62. The third kappa shape index (κ3) is 5.34. The van der Waals surface area contributed by atoms with Crippen LogP contribution in [0.1, 0.15) is 78.1 Å². The van der Waals surface area contributed by atoms with Crippen LogP contribution in [0, 0.1) is 0 Å². The van der Waals surface area contributed by atoms with Crippen molar-refractivity contribution in [1.82, 2.24) is 4.90 Å². The Labute approximate surface area is 103 Å². The van der Waals surface area contributed by atoms with Gasteiger partial charge in [0, 0.05) is 6.04 Å². The molecule has 0 aromatic carbocycles. The zero-order valence-corrected chi connectivity index (χ0v) is 11.5. The molecule has 0 amide bonds. The van der Waals surface area contributed by atoms with Crippen molar-refractivity contribution in [3.63, 3.8) is 0 Å². The lowest BCUT2D eigenvalue weighted by atomic mass is 10.0. The Kier molecular flexibility index (Phi) is 7.92. The van der Waals surface area contributed by atoms with E-state index in [-0.39, 0.29) is 0 Å². The minimum Gasteiger partial charge on any atom is -0.300 e. The average Bonchev–Trinajstić information content (AvgIpc) is 2.82. The zero-order chi connectivity index (χ0) is 11.6. The molecule has 0 aromatic heterocycles. The van der Waals surface area contributed by atoms with Gasteiger partial charge in [-0.3, -0.25) is 0 Å². The number of likely N-dealkylation sites (tertiary alicyclic amines) is 1. The topological polar surface area (TPSA) is 3.24 Å². The second-order valence-corrected chi connectivity index (χ2v) is 5.39. The van der Waals surface area contributed by atoms with Gasteiger partial charge in [-0.05, 0) is 38.8 Å². The molecule has 0 radical (unpaired) electrons. The van der Waals surface area contributed by atoms with Crippen molar-refractivity contribution >= 4 is 0 Å². The maximum Gasteiger partial charge on any atom is 0.00952 e. The molecule has 1 saturated heterocycles. The van der Waals surface area contributed by atoms with Crippen molar-refractivity contribution < 1.29 is 0 Å². The summed E-state index contributed by atoms with van der Waals surface area (Å²) in [5, 5.41) is 0. The second-order valence-electron chi connectivity index (χ2n) is 5.39. The Morgan fingerprint density at radius 2 is 1.44 bits per heavy atom. The summed E-state index contributed by atoms with van der Waals surface area (Å²) in [6.45, 7) is 7.37. The highest BCUT2D eigenvalue weighted by molar-refractivity contribution is 4.76. The quantitative estimate of drug-likeness (QED) is 0.518. The van der Waals surface area contributed by atoms with Gasteiger partial charge in [0.25, 0.3) is 0 Å². The molecule has 0 aromatic rings. The molecule has 1 atom stereocenters. The molecule has 0 spiro atoms.